The Morgan fingerprint density at radius 3 is 2.42 bits per heavy atom. The summed E-state index contributed by atoms with van der Waals surface area (Å²) in [6, 6.07) is 9.24. The smallest absolute Gasteiger partial charge is 0.244 e. The number of rotatable bonds is 9. The second kappa shape index (κ2) is 12.3. The van der Waals surface area contributed by atoms with Crippen molar-refractivity contribution in [2.75, 3.05) is 17.1 Å². The van der Waals surface area contributed by atoms with Crippen LogP contribution in [0.25, 0.3) is 0 Å². The lowest BCUT2D eigenvalue weighted by Gasteiger charge is -2.33. The Labute approximate surface area is 221 Å². The summed E-state index contributed by atoms with van der Waals surface area (Å²) in [4.78, 5) is 27.9. The van der Waals surface area contributed by atoms with Crippen LogP contribution >= 0.6 is 23.2 Å². The van der Waals surface area contributed by atoms with Gasteiger partial charge in [0.1, 0.15) is 18.4 Å². The molecule has 0 saturated heterocycles. The molecule has 0 spiro atoms. The molecule has 1 aliphatic rings. The normalized spacial score (nSPS) is 15.2. The van der Waals surface area contributed by atoms with Crippen molar-refractivity contribution in [2.45, 2.75) is 57.7 Å². The molecule has 2 aromatic rings. The summed E-state index contributed by atoms with van der Waals surface area (Å²) in [5, 5.41) is 3.31. The van der Waals surface area contributed by atoms with Crippen LogP contribution in [0.4, 0.5) is 10.1 Å². The number of sulfonamides is 1. The molecule has 1 atom stereocenters. The van der Waals surface area contributed by atoms with Crippen LogP contribution in [0.3, 0.4) is 0 Å². The monoisotopic (exact) mass is 557 g/mol. The summed E-state index contributed by atoms with van der Waals surface area (Å²) < 4.78 is 40.6. The summed E-state index contributed by atoms with van der Waals surface area (Å²) in [6.45, 7) is 0.689. The van der Waals surface area contributed by atoms with Crippen molar-refractivity contribution < 1.29 is 22.4 Å². The minimum Gasteiger partial charge on any atom is -0.352 e. The van der Waals surface area contributed by atoms with E-state index < -0.39 is 34.3 Å². The first-order valence-electron chi connectivity index (χ1n) is 11.7. The van der Waals surface area contributed by atoms with E-state index in [1.807, 2.05) is 0 Å². The predicted octanol–water partition coefficient (Wildman–Crippen LogP) is 4.76. The first-order chi connectivity index (χ1) is 17.0. The van der Waals surface area contributed by atoms with E-state index in [4.69, 9.17) is 23.2 Å². The number of halogens is 3. The van der Waals surface area contributed by atoms with Crippen LogP contribution < -0.4 is 9.62 Å². The molecule has 196 valence electrons. The van der Waals surface area contributed by atoms with Gasteiger partial charge in [-0.05, 0) is 44.0 Å². The summed E-state index contributed by atoms with van der Waals surface area (Å²) in [5.41, 5.74) is 0.236. The number of nitrogens with zero attached hydrogens (tertiary/aromatic N) is 2. The summed E-state index contributed by atoms with van der Waals surface area (Å²) >= 11 is 12.3. The molecule has 0 aromatic heterocycles. The lowest BCUT2D eigenvalue weighted by molar-refractivity contribution is -0.139. The Morgan fingerprint density at radius 2 is 1.78 bits per heavy atom. The largest absolute Gasteiger partial charge is 0.352 e. The molecule has 0 bridgehead atoms. The molecular formula is C25H30Cl2FN3O4S. The van der Waals surface area contributed by atoms with E-state index in [0.717, 1.165) is 42.7 Å². The molecule has 0 unspecified atom stereocenters. The predicted molar refractivity (Wildman–Crippen MR) is 140 cm³/mol. The Kier molecular flexibility index (Phi) is 9.60. The highest BCUT2D eigenvalue weighted by molar-refractivity contribution is 7.92. The molecule has 1 N–H and O–H groups in total. The van der Waals surface area contributed by atoms with E-state index in [-0.39, 0.29) is 39.8 Å². The quantitative estimate of drug-likeness (QED) is 0.481. The Balaban J connectivity index is 1.91. The van der Waals surface area contributed by atoms with Crippen molar-refractivity contribution in [1.82, 2.24) is 10.2 Å². The zero-order valence-corrected chi connectivity index (χ0v) is 22.5. The zero-order valence-electron chi connectivity index (χ0n) is 20.2. The molecule has 1 fully saturated rings. The zero-order chi connectivity index (χ0) is 26.5. The van der Waals surface area contributed by atoms with Crippen molar-refractivity contribution >= 4 is 50.7 Å². The number of carbonyl (C=O) groups excluding carboxylic acids is 2. The second-order valence-electron chi connectivity index (χ2n) is 9.00. The fourth-order valence-electron chi connectivity index (χ4n) is 4.23. The highest BCUT2D eigenvalue weighted by Gasteiger charge is 2.32. The second-order valence-corrected chi connectivity index (χ2v) is 11.7. The molecule has 0 radical (unpaired) electrons. The number of nitrogens with one attached hydrogen (secondary N) is 1. The van der Waals surface area contributed by atoms with Crippen LogP contribution in [-0.4, -0.2) is 50.0 Å². The first-order valence-corrected chi connectivity index (χ1v) is 14.3. The summed E-state index contributed by atoms with van der Waals surface area (Å²) in [5.74, 6) is -1.60. The number of hydrogen-bond donors (Lipinski definition) is 1. The van der Waals surface area contributed by atoms with Gasteiger partial charge in [-0.3, -0.25) is 13.9 Å². The van der Waals surface area contributed by atoms with Gasteiger partial charge in [0.2, 0.25) is 21.8 Å². The maximum absolute atomic E-state index is 14.5. The number of carbonyl (C=O) groups is 2. The van der Waals surface area contributed by atoms with E-state index in [0.29, 0.717) is 0 Å². The van der Waals surface area contributed by atoms with Gasteiger partial charge in [-0.25, -0.2) is 12.8 Å². The number of anilines is 1. The highest BCUT2D eigenvalue weighted by Crippen LogP contribution is 2.31. The maximum atomic E-state index is 14.5. The molecule has 2 amide bonds. The Bertz CT molecular complexity index is 1210. The molecule has 11 heteroatoms. The molecule has 0 aliphatic heterocycles. The van der Waals surface area contributed by atoms with Crippen molar-refractivity contribution in [3.8, 4) is 0 Å². The minimum atomic E-state index is -3.97. The van der Waals surface area contributed by atoms with Gasteiger partial charge in [0.05, 0.1) is 17.0 Å². The van der Waals surface area contributed by atoms with Crippen LogP contribution in [0.5, 0.6) is 0 Å². The van der Waals surface area contributed by atoms with E-state index in [2.05, 4.69) is 5.32 Å². The van der Waals surface area contributed by atoms with Gasteiger partial charge in [0.15, 0.2) is 0 Å². The topological polar surface area (TPSA) is 86.8 Å². The average molecular weight is 559 g/mol. The third-order valence-corrected chi connectivity index (χ3v) is 7.95. The van der Waals surface area contributed by atoms with E-state index in [9.17, 15) is 22.4 Å². The van der Waals surface area contributed by atoms with E-state index in [1.165, 1.54) is 41.3 Å². The third-order valence-electron chi connectivity index (χ3n) is 6.27. The minimum absolute atomic E-state index is 0.0110. The summed E-state index contributed by atoms with van der Waals surface area (Å²) in [6.07, 6.45) is 5.80. The van der Waals surface area contributed by atoms with Gasteiger partial charge in [-0.1, -0.05) is 60.7 Å². The lowest BCUT2D eigenvalue weighted by atomic mass is 9.95. The number of hydrogen-bond acceptors (Lipinski definition) is 4. The van der Waals surface area contributed by atoms with Crippen LogP contribution in [0.15, 0.2) is 42.5 Å². The molecule has 1 aliphatic carbocycles. The molecule has 36 heavy (non-hydrogen) atoms. The standard InChI is InChI=1S/C25H30Cl2FN3O4S/c1-17(25(33)29-20-9-4-3-5-10-20)30(15-18-8-6-7-11-22(18)28)24(32)16-31(36(2,34)35)23-14-19(26)12-13-21(23)27/h6-8,11-14,17,20H,3-5,9-10,15-16H2,1-2H3,(H,29,33)/t17-/m0/s1. The Hall–Kier alpha value is -2.36. The fraction of sp³-hybridized carbons (Fsp3) is 0.440. The van der Waals surface area contributed by atoms with Gasteiger partial charge in [0.25, 0.3) is 0 Å². The van der Waals surface area contributed by atoms with Crippen molar-refractivity contribution in [2.24, 2.45) is 0 Å². The molecule has 1 saturated carbocycles. The number of amides is 2. The highest BCUT2D eigenvalue weighted by atomic mass is 35.5. The molecule has 3 rings (SSSR count). The van der Waals surface area contributed by atoms with E-state index in [1.54, 1.807) is 13.0 Å². The van der Waals surface area contributed by atoms with Crippen molar-refractivity contribution in [3.63, 3.8) is 0 Å². The van der Waals surface area contributed by atoms with Crippen molar-refractivity contribution in [1.29, 1.82) is 0 Å². The van der Waals surface area contributed by atoms with Gasteiger partial charge < -0.3 is 10.2 Å². The van der Waals surface area contributed by atoms with Crippen molar-refractivity contribution in [3.05, 3.63) is 63.9 Å². The molecule has 7 nitrogen and oxygen atoms in total. The van der Waals surface area contributed by atoms with Crippen LogP contribution in [-0.2, 0) is 26.2 Å². The van der Waals surface area contributed by atoms with Gasteiger partial charge >= 0.3 is 0 Å². The molecule has 2 aromatic carbocycles. The maximum Gasteiger partial charge on any atom is 0.244 e. The van der Waals surface area contributed by atoms with E-state index >= 15 is 0 Å². The summed E-state index contributed by atoms with van der Waals surface area (Å²) in [7, 11) is -3.97. The van der Waals surface area contributed by atoms with Gasteiger partial charge in [-0.15, -0.1) is 0 Å². The fourth-order valence-corrected chi connectivity index (χ4v) is 5.52. The molecular weight excluding hydrogens is 528 g/mol. The SMILES string of the molecule is C[C@@H](C(=O)NC1CCCCC1)N(Cc1ccccc1F)C(=O)CN(c1cc(Cl)ccc1Cl)S(C)(=O)=O. The lowest BCUT2D eigenvalue weighted by Crippen LogP contribution is -2.53. The average Bonchev–Trinajstić information content (AvgIpc) is 2.83. The van der Waals surface area contributed by atoms with Gasteiger partial charge in [0, 0.05) is 23.2 Å². The molecule has 0 heterocycles. The van der Waals surface area contributed by atoms with Crippen LogP contribution in [0, 0.1) is 5.82 Å². The number of benzene rings is 2. The van der Waals surface area contributed by atoms with Crippen LogP contribution in [0.1, 0.15) is 44.6 Å². The van der Waals surface area contributed by atoms with Gasteiger partial charge in [-0.2, -0.15) is 0 Å². The Morgan fingerprint density at radius 1 is 1.11 bits per heavy atom. The first kappa shape index (κ1) is 28.2. The third kappa shape index (κ3) is 7.33. The van der Waals surface area contributed by atoms with Crippen LogP contribution in [0.2, 0.25) is 10.0 Å².